The topological polar surface area (TPSA) is 25.8 Å². The van der Waals surface area contributed by atoms with E-state index in [0.29, 0.717) is 0 Å². The molecule has 6 rings (SSSR count). The van der Waals surface area contributed by atoms with Crippen molar-refractivity contribution in [2.75, 3.05) is 0 Å². The lowest BCUT2D eigenvalue weighted by Gasteiger charge is -2.16. The summed E-state index contributed by atoms with van der Waals surface area (Å²) in [7, 11) is 0. The molecule has 0 fully saturated rings. The number of allylic oxidation sites excluding steroid dienone is 14. The van der Waals surface area contributed by atoms with E-state index in [1.54, 1.807) is 12.2 Å². The standard InChI is InChI=1S/C48H38N2/c1-5-8-13-21-35(4)45-31-43(32-46(49-45)36(7-3)20-6-2)41-28-40(37-22-14-9-10-15-23-37)29-42(30-41)44-33-47(38-24-16-11-17-25-38)50-48(34-44)39-26-18-12-19-27-39/h1,6-22,24-34H,2-3,23H2,4H3/b13-8-,35-21+,36-20+. The quantitative estimate of drug-likeness (QED) is 0.112. The van der Waals surface area contributed by atoms with E-state index in [-0.39, 0.29) is 0 Å². The molecule has 0 aliphatic heterocycles. The van der Waals surface area contributed by atoms with Crippen LogP contribution in [0.5, 0.6) is 0 Å². The lowest BCUT2D eigenvalue weighted by molar-refractivity contribution is 1.23. The Morgan fingerprint density at radius 3 is 1.88 bits per heavy atom. The van der Waals surface area contributed by atoms with Crippen LogP contribution in [0, 0.1) is 12.3 Å². The summed E-state index contributed by atoms with van der Waals surface area (Å²) < 4.78 is 0. The highest BCUT2D eigenvalue weighted by molar-refractivity contribution is 5.86. The van der Waals surface area contributed by atoms with Crippen LogP contribution in [0.4, 0.5) is 0 Å². The fraction of sp³-hybridized carbons (Fsp3) is 0.0417. The summed E-state index contributed by atoms with van der Waals surface area (Å²) >= 11 is 0. The molecule has 50 heavy (non-hydrogen) atoms. The minimum absolute atomic E-state index is 0.814. The molecule has 0 bridgehead atoms. The number of rotatable bonds is 10. The van der Waals surface area contributed by atoms with Crippen molar-refractivity contribution < 1.29 is 0 Å². The van der Waals surface area contributed by atoms with Gasteiger partial charge in [0.2, 0.25) is 0 Å². The van der Waals surface area contributed by atoms with Crippen LogP contribution in [-0.4, -0.2) is 9.97 Å². The van der Waals surface area contributed by atoms with Crippen molar-refractivity contribution in [3.8, 4) is 57.1 Å². The normalized spacial score (nSPS) is 13.1. The predicted molar refractivity (Wildman–Crippen MR) is 215 cm³/mol. The molecule has 5 aromatic rings. The third kappa shape index (κ3) is 7.93. The van der Waals surface area contributed by atoms with Crippen LogP contribution in [0.3, 0.4) is 0 Å². The fourth-order valence-corrected chi connectivity index (χ4v) is 5.91. The number of terminal acetylenes is 1. The summed E-state index contributed by atoms with van der Waals surface area (Å²) in [5, 5.41) is 0. The molecule has 0 radical (unpaired) electrons. The summed E-state index contributed by atoms with van der Waals surface area (Å²) in [5.41, 5.74) is 14.2. The van der Waals surface area contributed by atoms with Gasteiger partial charge in [-0.15, -0.1) is 6.42 Å². The number of pyridine rings is 2. The van der Waals surface area contributed by atoms with Crippen LogP contribution in [-0.2, 0) is 0 Å². The molecule has 0 unspecified atom stereocenters. The Kier molecular flexibility index (Phi) is 10.7. The van der Waals surface area contributed by atoms with Crippen LogP contribution in [0.25, 0.3) is 61.5 Å². The molecule has 2 aromatic heterocycles. The summed E-state index contributed by atoms with van der Waals surface area (Å²) in [6.07, 6.45) is 28.1. The second kappa shape index (κ2) is 16.0. The van der Waals surface area contributed by atoms with Crippen LogP contribution >= 0.6 is 0 Å². The molecule has 0 N–H and O–H groups in total. The number of hydrogen-bond donors (Lipinski definition) is 0. The van der Waals surface area contributed by atoms with Gasteiger partial charge in [-0.05, 0) is 106 Å². The molecule has 0 spiro atoms. The van der Waals surface area contributed by atoms with E-state index < -0.39 is 0 Å². The Morgan fingerprint density at radius 2 is 1.26 bits per heavy atom. The number of aromatic nitrogens is 2. The minimum Gasteiger partial charge on any atom is -0.248 e. The first kappa shape index (κ1) is 33.3. The second-order valence-electron chi connectivity index (χ2n) is 11.9. The van der Waals surface area contributed by atoms with Gasteiger partial charge in [-0.3, -0.25) is 0 Å². The Hall–Kier alpha value is -6.56. The first-order valence-electron chi connectivity index (χ1n) is 16.7. The molecule has 1 aliphatic carbocycles. The molecule has 0 saturated heterocycles. The zero-order valence-electron chi connectivity index (χ0n) is 28.3. The minimum atomic E-state index is 0.814. The van der Waals surface area contributed by atoms with Gasteiger partial charge >= 0.3 is 0 Å². The fourth-order valence-electron chi connectivity index (χ4n) is 5.91. The summed E-state index contributed by atoms with van der Waals surface area (Å²) in [4.78, 5) is 10.2. The maximum absolute atomic E-state index is 5.47. The maximum Gasteiger partial charge on any atom is 0.0715 e. The maximum atomic E-state index is 5.47. The van der Waals surface area contributed by atoms with Gasteiger partial charge in [0.05, 0.1) is 22.8 Å². The van der Waals surface area contributed by atoms with E-state index in [9.17, 15) is 0 Å². The summed E-state index contributed by atoms with van der Waals surface area (Å²) in [6.45, 7) is 10.0. The predicted octanol–water partition coefficient (Wildman–Crippen LogP) is 12.4. The molecule has 0 atom stereocenters. The van der Waals surface area contributed by atoms with E-state index in [2.05, 4.69) is 140 Å². The highest BCUT2D eigenvalue weighted by Gasteiger charge is 2.15. The zero-order chi connectivity index (χ0) is 34.7. The molecular formula is C48H38N2. The van der Waals surface area contributed by atoms with Crippen molar-refractivity contribution in [2.45, 2.75) is 13.3 Å². The van der Waals surface area contributed by atoms with Crippen molar-refractivity contribution in [1.82, 2.24) is 9.97 Å². The monoisotopic (exact) mass is 642 g/mol. The molecule has 3 aromatic carbocycles. The van der Waals surface area contributed by atoms with Gasteiger partial charge in [0.25, 0.3) is 0 Å². The largest absolute Gasteiger partial charge is 0.248 e. The van der Waals surface area contributed by atoms with Gasteiger partial charge in [-0.25, -0.2) is 9.97 Å². The Balaban J connectivity index is 1.61. The van der Waals surface area contributed by atoms with Crippen LogP contribution in [0.1, 0.15) is 30.3 Å². The SMILES string of the molecule is C#C/C=C\C=C(/C)c1cc(-c2cc(C3=CC=CC=CC3)cc(-c3cc(-c4ccccc4)nc(-c4ccccc4)c3)c2)cc(/C(C=C)=C/C=C)n1. The lowest BCUT2D eigenvalue weighted by atomic mass is 9.90. The van der Waals surface area contributed by atoms with E-state index in [4.69, 9.17) is 16.4 Å². The van der Waals surface area contributed by atoms with Crippen LogP contribution < -0.4 is 0 Å². The summed E-state index contributed by atoms with van der Waals surface area (Å²) in [5.74, 6) is 2.56. The van der Waals surface area contributed by atoms with E-state index in [1.165, 1.54) is 5.57 Å². The molecule has 0 amide bonds. The van der Waals surface area contributed by atoms with Gasteiger partial charge in [0, 0.05) is 11.1 Å². The van der Waals surface area contributed by atoms with Crippen molar-refractivity contribution >= 4 is 16.7 Å². The van der Waals surface area contributed by atoms with Gasteiger partial charge in [-0.1, -0.05) is 141 Å². The Morgan fingerprint density at radius 1 is 0.660 bits per heavy atom. The smallest absolute Gasteiger partial charge is 0.0715 e. The molecule has 240 valence electrons. The number of benzene rings is 3. The molecule has 0 saturated carbocycles. The van der Waals surface area contributed by atoms with Crippen LogP contribution in [0.15, 0.2) is 183 Å². The molecule has 1 aliphatic rings. The van der Waals surface area contributed by atoms with Gasteiger partial charge in [0.1, 0.15) is 0 Å². The average Bonchev–Trinajstić information content (AvgIpc) is 3.47. The zero-order valence-corrected chi connectivity index (χ0v) is 28.3. The Labute approximate surface area is 296 Å². The molecule has 2 heteroatoms. The third-order valence-electron chi connectivity index (χ3n) is 8.51. The van der Waals surface area contributed by atoms with Crippen molar-refractivity contribution in [1.29, 1.82) is 0 Å². The lowest BCUT2D eigenvalue weighted by Crippen LogP contribution is -1.97. The van der Waals surface area contributed by atoms with Gasteiger partial charge < -0.3 is 0 Å². The van der Waals surface area contributed by atoms with E-state index in [0.717, 1.165) is 79.3 Å². The highest BCUT2D eigenvalue weighted by atomic mass is 14.7. The average molecular weight is 643 g/mol. The van der Waals surface area contributed by atoms with Gasteiger partial charge in [-0.2, -0.15) is 0 Å². The molecular weight excluding hydrogens is 605 g/mol. The van der Waals surface area contributed by atoms with Crippen molar-refractivity contribution in [3.63, 3.8) is 0 Å². The number of hydrogen-bond acceptors (Lipinski definition) is 2. The summed E-state index contributed by atoms with van der Waals surface area (Å²) in [6, 6.07) is 36.3. The van der Waals surface area contributed by atoms with Gasteiger partial charge in [0.15, 0.2) is 0 Å². The molecule has 2 nitrogen and oxygen atoms in total. The first-order valence-corrected chi connectivity index (χ1v) is 16.7. The first-order chi connectivity index (χ1) is 24.6. The van der Waals surface area contributed by atoms with Crippen LogP contribution in [0.2, 0.25) is 0 Å². The highest BCUT2D eigenvalue weighted by Crippen LogP contribution is 2.37. The van der Waals surface area contributed by atoms with Crippen molar-refractivity contribution in [2.24, 2.45) is 0 Å². The number of nitrogens with zero attached hydrogens (tertiary/aromatic N) is 2. The second-order valence-corrected chi connectivity index (χ2v) is 11.9. The van der Waals surface area contributed by atoms with Crippen molar-refractivity contribution in [3.05, 3.63) is 200 Å². The third-order valence-corrected chi connectivity index (χ3v) is 8.51. The van der Waals surface area contributed by atoms with E-state index >= 15 is 0 Å². The molecule has 2 heterocycles. The van der Waals surface area contributed by atoms with E-state index in [1.807, 2.05) is 43.4 Å². The Bertz CT molecular complexity index is 2210.